The first-order valence-electron chi connectivity index (χ1n) is 5.91. The highest BCUT2D eigenvalue weighted by Crippen LogP contribution is 2.27. The first kappa shape index (κ1) is 15.4. The topological polar surface area (TPSA) is 68.0 Å². The Kier molecular flexibility index (Phi) is 5.29. The van der Waals surface area contributed by atoms with Crippen molar-refractivity contribution >= 4 is 11.6 Å². The van der Waals surface area contributed by atoms with Crippen LogP contribution in [0.15, 0.2) is 18.3 Å². The molecule has 0 aromatic carbocycles. The number of nitrogens with zero attached hydrogens (tertiary/aromatic N) is 1. The van der Waals surface area contributed by atoms with E-state index in [1.54, 1.807) is 0 Å². The van der Waals surface area contributed by atoms with Crippen LogP contribution in [0.2, 0.25) is 0 Å². The van der Waals surface area contributed by atoms with Gasteiger partial charge in [-0.15, -0.1) is 0 Å². The maximum atomic E-state index is 12.3. The molecule has 4 nitrogen and oxygen atoms in total. The predicted molar refractivity (Wildman–Crippen MR) is 65.4 cm³/mol. The number of hydrogen-bond donors (Lipinski definition) is 2. The molecule has 7 heteroatoms. The molecular weight excluding hydrogens is 259 g/mol. The SMILES string of the molecule is CCCC(N)CC(=O)Nc1ccc(C(F)(F)F)nc1. The minimum Gasteiger partial charge on any atom is -0.327 e. The molecule has 0 aliphatic rings. The van der Waals surface area contributed by atoms with Gasteiger partial charge in [0.1, 0.15) is 5.69 Å². The van der Waals surface area contributed by atoms with Gasteiger partial charge in [-0.05, 0) is 18.6 Å². The Balaban J connectivity index is 2.56. The molecule has 1 aromatic heterocycles. The van der Waals surface area contributed by atoms with E-state index in [1.807, 2.05) is 6.92 Å². The molecule has 0 aliphatic heterocycles. The molecular formula is C12H16F3N3O. The molecule has 0 fully saturated rings. The number of alkyl halides is 3. The van der Waals surface area contributed by atoms with Gasteiger partial charge in [-0.1, -0.05) is 13.3 Å². The summed E-state index contributed by atoms with van der Waals surface area (Å²) in [5.41, 5.74) is 4.93. The standard InChI is InChI=1S/C12H16F3N3O/c1-2-3-8(16)6-11(19)18-9-4-5-10(17-7-9)12(13,14)15/h4-5,7-8H,2-3,6,16H2,1H3,(H,18,19). The Morgan fingerprint density at radius 1 is 1.47 bits per heavy atom. The van der Waals surface area contributed by atoms with Crippen molar-refractivity contribution in [3.63, 3.8) is 0 Å². The number of aromatic nitrogens is 1. The van der Waals surface area contributed by atoms with Crippen molar-refractivity contribution in [2.75, 3.05) is 5.32 Å². The second-order valence-corrected chi connectivity index (χ2v) is 4.23. The summed E-state index contributed by atoms with van der Waals surface area (Å²) in [5, 5.41) is 2.46. The maximum absolute atomic E-state index is 12.3. The normalized spacial score (nSPS) is 13.1. The van der Waals surface area contributed by atoms with E-state index in [0.29, 0.717) is 0 Å². The van der Waals surface area contributed by atoms with Crippen LogP contribution in [0.4, 0.5) is 18.9 Å². The zero-order valence-corrected chi connectivity index (χ0v) is 10.5. The van der Waals surface area contributed by atoms with Crippen molar-refractivity contribution in [3.8, 4) is 0 Å². The molecule has 1 atom stereocenters. The molecule has 1 unspecified atom stereocenters. The Hall–Kier alpha value is -1.63. The third-order valence-corrected chi connectivity index (χ3v) is 2.44. The van der Waals surface area contributed by atoms with Gasteiger partial charge in [-0.3, -0.25) is 4.79 Å². The first-order valence-corrected chi connectivity index (χ1v) is 5.91. The largest absolute Gasteiger partial charge is 0.433 e. The molecule has 106 valence electrons. The lowest BCUT2D eigenvalue weighted by Gasteiger charge is -2.11. The van der Waals surface area contributed by atoms with Crippen LogP contribution in [0, 0.1) is 0 Å². The van der Waals surface area contributed by atoms with Gasteiger partial charge in [0.15, 0.2) is 0 Å². The van der Waals surface area contributed by atoms with Gasteiger partial charge < -0.3 is 11.1 Å². The first-order chi connectivity index (χ1) is 8.82. The van der Waals surface area contributed by atoms with E-state index in [1.165, 1.54) is 6.07 Å². The van der Waals surface area contributed by atoms with E-state index in [2.05, 4.69) is 10.3 Å². The number of pyridine rings is 1. The highest BCUT2D eigenvalue weighted by molar-refractivity contribution is 5.90. The number of halogens is 3. The lowest BCUT2D eigenvalue weighted by Crippen LogP contribution is -2.26. The van der Waals surface area contributed by atoms with Crippen LogP contribution in [0.3, 0.4) is 0 Å². The molecule has 1 aromatic rings. The molecule has 0 saturated carbocycles. The minimum absolute atomic E-state index is 0.134. The molecule has 0 saturated heterocycles. The summed E-state index contributed by atoms with van der Waals surface area (Å²) in [6.07, 6.45) is -1.78. The van der Waals surface area contributed by atoms with Crippen LogP contribution in [0.1, 0.15) is 31.9 Å². The fourth-order valence-electron chi connectivity index (χ4n) is 1.56. The lowest BCUT2D eigenvalue weighted by molar-refractivity contribution is -0.141. The Labute approximate surface area is 109 Å². The van der Waals surface area contributed by atoms with Crippen molar-refractivity contribution in [1.29, 1.82) is 0 Å². The quantitative estimate of drug-likeness (QED) is 0.867. The van der Waals surface area contributed by atoms with E-state index >= 15 is 0 Å². The summed E-state index contributed by atoms with van der Waals surface area (Å²) in [6, 6.07) is 1.74. The van der Waals surface area contributed by atoms with Crippen LogP contribution >= 0.6 is 0 Å². The van der Waals surface area contributed by atoms with Gasteiger partial charge >= 0.3 is 6.18 Å². The van der Waals surface area contributed by atoms with Crippen LogP contribution < -0.4 is 11.1 Å². The van der Waals surface area contributed by atoms with Gasteiger partial charge in [-0.25, -0.2) is 4.98 Å². The van der Waals surface area contributed by atoms with Crippen LogP contribution in [0.25, 0.3) is 0 Å². The van der Waals surface area contributed by atoms with E-state index in [4.69, 9.17) is 5.73 Å². The van der Waals surface area contributed by atoms with Crippen molar-refractivity contribution in [2.24, 2.45) is 5.73 Å². The molecule has 3 N–H and O–H groups in total. The highest BCUT2D eigenvalue weighted by atomic mass is 19.4. The van der Waals surface area contributed by atoms with Gasteiger partial charge in [-0.2, -0.15) is 13.2 Å². The molecule has 0 aliphatic carbocycles. The Morgan fingerprint density at radius 3 is 2.63 bits per heavy atom. The monoisotopic (exact) mass is 275 g/mol. The van der Waals surface area contributed by atoms with E-state index in [9.17, 15) is 18.0 Å². The summed E-state index contributed by atoms with van der Waals surface area (Å²) in [4.78, 5) is 14.8. The van der Waals surface area contributed by atoms with Gasteiger partial charge in [0, 0.05) is 12.5 Å². The fourth-order valence-corrected chi connectivity index (χ4v) is 1.56. The number of rotatable bonds is 5. The molecule has 0 radical (unpaired) electrons. The summed E-state index contributed by atoms with van der Waals surface area (Å²) in [6.45, 7) is 1.96. The molecule has 0 spiro atoms. The maximum Gasteiger partial charge on any atom is 0.433 e. The van der Waals surface area contributed by atoms with E-state index < -0.39 is 11.9 Å². The number of nitrogens with two attached hydrogens (primary N) is 1. The number of hydrogen-bond acceptors (Lipinski definition) is 3. The third kappa shape index (κ3) is 5.25. The van der Waals surface area contributed by atoms with Crippen molar-refractivity contribution < 1.29 is 18.0 Å². The summed E-state index contributed by atoms with van der Waals surface area (Å²) < 4.78 is 36.8. The minimum atomic E-state index is -4.48. The molecule has 1 heterocycles. The smallest absolute Gasteiger partial charge is 0.327 e. The molecule has 1 amide bonds. The summed E-state index contributed by atoms with van der Waals surface area (Å²) in [7, 11) is 0. The van der Waals surface area contributed by atoms with Crippen LogP contribution in [-0.4, -0.2) is 16.9 Å². The van der Waals surface area contributed by atoms with Gasteiger partial charge in [0.25, 0.3) is 0 Å². The highest BCUT2D eigenvalue weighted by Gasteiger charge is 2.32. The second kappa shape index (κ2) is 6.51. The average Bonchev–Trinajstić information content (AvgIpc) is 2.28. The Bertz CT molecular complexity index is 417. The van der Waals surface area contributed by atoms with Gasteiger partial charge in [0.2, 0.25) is 5.91 Å². The summed E-state index contributed by atoms with van der Waals surface area (Å²) in [5.74, 6) is -0.331. The van der Waals surface area contributed by atoms with Crippen LogP contribution in [-0.2, 0) is 11.0 Å². The van der Waals surface area contributed by atoms with Crippen molar-refractivity contribution in [2.45, 2.75) is 38.4 Å². The number of carbonyl (C=O) groups is 1. The van der Waals surface area contributed by atoms with E-state index in [-0.39, 0.29) is 24.1 Å². The second-order valence-electron chi connectivity index (χ2n) is 4.23. The number of anilines is 1. The summed E-state index contributed by atoms with van der Waals surface area (Å²) >= 11 is 0. The zero-order chi connectivity index (χ0) is 14.5. The molecule has 0 bridgehead atoms. The molecule has 1 rings (SSSR count). The number of carbonyl (C=O) groups excluding carboxylic acids is 1. The van der Waals surface area contributed by atoms with E-state index in [0.717, 1.165) is 25.1 Å². The third-order valence-electron chi connectivity index (χ3n) is 2.44. The fraction of sp³-hybridized carbons (Fsp3) is 0.500. The average molecular weight is 275 g/mol. The van der Waals surface area contributed by atoms with Gasteiger partial charge in [0.05, 0.1) is 11.9 Å². The number of nitrogens with one attached hydrogen (secondary N) is 1. The van der Waals surface area contributed by atoms with Crippen molar-refractivity contribution in [1.82, 2.24) is 4.98 Å². The number of amides is 1. The predicted octanol–water partition coefficient (Wildman–Crippen LogP) is 2.56. The molecule has 19 heavy (non-hydrogen) atoms. The van der Waals surface area contributed by atoms with Crippen molar-refractivity contribution in [3.05, 3.63) is 24.0 Å². The zero-order valence-electron chi connectivity index (χ0n) is 10.5. The lowest BCUT2D eigenvalue weighted by atomic mass is 10.1. The van der Waals surface area contributed by atoms with Crippen LogP contribution in [0.5, 0.6) is 0 Å². The Morgan fingerprint density at radius 2 is 2.16 bits per heavy atom.